The minimum atomic E-state index is -3.70. The van der Waals surface area contributed by atoms with E-state index < -0.39 is 15.8 Å². The van der Waals surface area contributed by atoms with Gasteiger partial charge in [-0.1, -0.05) is 23.5 Å². The molecule has 0 aliphatic carbocycles. The predicted octanol–water partition coefficient (Wildman–Crippen LogP) is 3.73. The molecule has 0 spiro atoms. The van der Waals surface area contributed by atoms with Gasteiger partial charge < -0.3 is 4.57 Å². The summed E-state index contributed by atoms with van der Waals surface area (Å²) in [4.78, 5) is 18.1. The Hall–Kier alpha value is -2.01. The average molecular weight is 494 g/mol. The molecule has 0 bridgehead atoms. The van der Waals surface area contributed by atoms with E-state index in [4.69, 9.17) is 0 Å². The molecule has 1 aliphatic rings. The van der Waals surface area contributed by atoms with E-state index in [2.05, 4.69) is 9.56 Å². The summed E-state index contributed by atoms with van der Waals surface area (Å²) in [5.41, 5.74) is 1.07. The number of aryl methyl sites for hydroxylation is 1. The molecular formula is C22H24FN3O3S3. The lowest BCUT2D eigenvalue weighted by Crippen LogP contribution is -2.40. The first-order valence-electron chi connectivity index (χ1n) is 10.3. The van der Waals surface area contributed by atoms with Crippen LogP contribution in [0, 0.1) is 11.7 Å². The smallest absolute Gasteiger partial charge is 0.251 e. The van der Waals surface area contributed by atoms with Gasteiger partial charge in [0.15, 0.2) is 4.80 Å². The Kier molecular flexibility index (Phi) is 7.14. The van der Waals surface area contributed by atoms with Crippen molar-refractivity contribution in [2.75, 3.05) is 25.1 Å². The quantitative estimate of drug-likeness (QED) is 0.525. The van der Waals surface area contributed by atoms with Gasteiger partial charge in [-0.05, 0) is 55.5 Å². The van der Waals surface area contributed by atoms with Crippen LogP contribution in [0.15, 0.2) is 58.4 Å². The number of carbonyl (C=O) groups is 1. The van der Waals surface area contributed by atoms with Crippen LogP contribution in [0.2, 0.25) is 0 Å². The van der Waals surface area contributed by atoms with Gasteiger partial charge in [0.05, 0.1) is 15.1 Å². The van der Waals surface area contributed by atoms with Crippen molar-refractivity contribution in [3.8, 4) is 0 Å². The van der Waals surface area contributed by atoms with Crippen LogP contribution in [0.5, 0.6) is 0 Å². The van der Waals surface area contributed by atoms with Gasteiger partial charge >= 0.3 is 0 Å². The summed E-state index contributed by atoms with van der Waals surface area (Å²) in [5, 5.41) is 0. The number of hydrogen-bond acceptors (Lipinski definition) is 5. The predicted molar refractivity (Wildman–Crippen MR) is 127 cm³/mol. The summed E-state index contributed by atoms with van der Waals surface area (Å²) >= 11 is 3.24. The number of aromatic nitrogens is 1. The third-order valence-electron chi connectivity index (χ3n) is 5.57. The lowest BCUT2D eigenvalue weighted by atomic mass is 9.98. The van der Waals surface area contributed by atoms with Gasteiger partial charge in [-0.25, -0.2) is 12.8 Å². The summed E-state index contributed by atoms with van der Waals surface area (Å²) < 4.78 is 43.3. The molecule has 0 atom stereocenters. The Morgan fingerprint density at radius 2 is 1.84 bits per heavy atom. The molecule has 2 heterocycles. The van der Waals surface area contributed by atoms with Crippen molar-refractivity contribution >= 4 is 49.2 Å². The van der Waals surface area contributed by atoms with Gasteiger partial charge in [0.2, 0.25) is 10.0 Å². The fraction of sp³-hybridized carbons (Fsp3) is 0.364. The summed E-state index contributed by atoms with van der Waals surface area (Å²) in [7, 11) is -3.70. The highest BCUT2D eigenvalue weighted by atomic mass is 32.2. The van der Waals surface area contributed by atoms with Crippen LogP contribution < -0.4 is 4.80 Å². The number of hydrogen-bond donors (Lipinski definition) is 0. The molecule has 32 heavy (non-hydrogen) atoms. The van der Waals surface area contributed by atoms with Crippen molar-refractivity contribution in [2.24, 2.45) is 10.9 Å². The Morgan fingerprint density at radius 1 is 1.16 bits per heavy atom. The number of sulfonamides is 1. The van der Waals surface area contributed by atoms with Crippen LogP contribution in [0.3, 0.4) is 0 Å². The normalized spacial score (nSPS) is 16.6. The molecule has 1 fully saturated rings. The van der Waals surface area contributed by atoms with E-state index in [0.29, 0.717) is 17.6 Å². The van der Waals surface area contributed by atoms with E-state index in [-0.39, 0.29) is 29.8 Å². The number of para-hydroxylation sites is 1. The average Bonchev–Trinajstić information content (AvgIpc) is 3.14. The first-order chi connectivity index (χ1) is 15.4. The third-order valence-corrected chi connectivity index (χ3v) is 9.13. The minimum Gasteiger partial charge on any atom is -0.316 e. The maximum Gasteiger partial charge on any atom is 0.251 e. The molecule has 3 aromatic rings. The van der Waals surface area contributed by atoms with E-state index in [1.165, 1.54) is 27.8 Å². The number of fused-ring (bicyclic) bond motifs is 1. The van der Waals surface area contributed by atoms with Crippen molar-refractivity contribution < 1.29 is 17.6 Å². The maximum absolute atomic E-state index is 13.1. The van der Waals surface area contributed by atoms with Crippen LogP contribution >= 0.6 is 23.1 Å². The molecule has 0 unspecified atom stereocenters. The van der Waals surface area contributed by atoms with Crippen molar-refractivity contribution in [3.05, 3.63) is 59.1 Å². The summed E-state index contributed by atoms with van der Waals surface area (Å²) in [6, 6.07) is 12.8. The molecule has 0 saturated carbocycles. The Bertz CT molecular complexity index is 1270. The number of nitrogens with zero attached hydrogens (tertiary/aromatic N) is 3. The molecule has 1 aliphatic heterocycles. The first kappa shape index (κ1) is 23.2. The lowest BCUT2D eigenvalue weighted by Gasteiger charge is -2.29. The second-order valence-electron chi connectivity index (χ2n) is 7.58. The van der Waals surface area contributed by atoms with Crippen molar-refractivity contribution in [1.82, 2.24) is 8.87 Å². The van der Waals surface area contributed by atoms with Crippen LogP contribution in [0.25, 0.3) is 10.2 Å². The zero-order chi connectivity index (χ0) is 22.7. The number of piperidine rings is 1. The fourth-order valence-electron chi connectivity index (χ4n) is 3.79. The number of amides is 1. The van der Waals surface area contributed by atoms with E-state index in [1.54, 1.807) is 11.8 Å². The standard InChI is InChI=1S/C22H24FN3O3S3/c1-30-15-14-26-19-4-2-3-5-20(19)31-22(26)24-21(27)16-10-12-25(13-11-16)32(28,29)18-8-6-17(23)7-9-18/h2-9,16H,10-15H2,1H3. The molecule has 1 aromatic heterocycles. The molecule has 10 heteroatoms. The molecular weight excluding hydrogens is 469 g/mol. The number of halogens is 1. The lowest BCUT2D eigenvalue weighted by molar-refractivity contribution is -0.122. The highest BCUT2D eigenvalue weighted by molar-refractivity contribution is 7.98. The maximum atomic E-state index is 13.1. The highest BCUT2D eigenvalue weighted by Gasteiger charge is 2.32. The largest absolute Gasteiger partial charge is 0.316 e. The van der Waals surface area contributed by atoms with Gasteiger partial charge in [-0.3, -0.25) is 4.79 Å². The molecule has 1 saturated heterocycles. The van der Waals surface area contributed by atoms with E-state index in [0.717, 1.165) is 34.6 Å². The van der Waals surface area contributed by atoms with Crippen LogP contribution in [0.1, 0.15) is 12.8 Å². The molecule has 2 aromatic carbocycles. The zero-order valence-corrected chi connectivity index (χ0v) is 20.1. The third kappa shape index (κ3) is 4.83. The van der Waals surface area contributed by atoms with Crippen LogP contribution in [-0.2, 0) is 21.4 Å². The van der Waals surface area contributed by atoms with Gasteiger partial charge in [-0.2, -0.15) is 21.1 Å². The van der Waals surface area contributed by atoms with Crippen molar-refractivity contribution in [2.45, 2.75) is 24.3 Å². The van der Waals surface area contributed by atoms with Gasteiger partial charge in [0.1, 0.15) is 5.82 Å². The molecule has 170 valence electrons. The Labute approximate surface area is 194 Å². The van der Waals surface area contributed by atoms with Crippen molar-refractivity contribution in [3.63, 3.8) is 0 Å². The van der Waals surface area contributed by atoms with Crippen LogP contribution in [0.4, 0.5) is 4.39 Å². The topological polar surface area (TPSA) is 71.7 Å². The van der Waals surface area contributed by atoms with Gasteiger partial charge in [0, 0.05) is 31.3 Å². The molecule has 0 radical (unpaired) electrons. The number of thiazole rings is 1. The molecule has 6 nitrogen and oxygen atoms in total. The first-order valence-corrected chi connectivity index (χ1v) is 14.0. The van der Waals surface area contributed by atoms with Gasteiger partial charge in [-0.15, -0.1) is 0 Å². The van der Waals surface area contributed by atoms with Gasteiger partial charge in [0.25, 0.3) is 5.91 Å². The Balaban J connectivity index is 1.50. The summed E-state index contributed by atoms with van der Waals surface area (Å²) in [6.45, 7) is 1.25. The van der Waals surface area contributed by atoms with Crippen LogP contribution in [-0.4, -0.2) is 48.3 Å². The number of benzene rings is 2. The summed E-state index contributed by atoms with van der Waals surface area (Å²) in [5.74, 6) is -0.0742. The second kappa shape index (κ2) is 9.86. The Morgan fingerprint density at radius 3 is 2.53 bits per heavy atom. The second-order valence-corrected chi connectivity index (χ2v) is 11.5. The van der Waals surface area contributed by atoms with E-state index in [9.17, 15) is 17.6 Å². The molecule has 1 amide bonds. The zero-order valence-electron chi connectivity index (χ0n) is 17.6. The minimum absolute atomic E-state index is 0.0634. The number of rotatable bonds is 6. The summed E-state index contributed by atoms with van der Waals surface area (Å²) in [6.07, 6.45) is 2.88. The molecule has 0 N–H and O–H groups in total. The molecule has 4 rings (SSSR count). The highest BCUT2D eigenvalue weighted by Crippen LogP contribution is 2.25. The number of carbonyl (C=O) groups excluding carboxylic acids is 1. The number of thioether (sulfide) groups is 1. The van der Waals surface area contributed by atoms with E-state index >= 15 is 0 Å². The van der Waals surface area contributed by atoms with E-state index in [1.807, 2.05) is 30.5 Å². The SMILES string of the molecule is CSCCn1c(=NC(=O)C2CCN(S(=O)(=O)c3ccc(F)cc3)CC2)sc2ccccc21. The fourth-order valence-corrected chi connectivity index (χ4v) is 6.69. The van der Waals surface area contributed by atoms with Crippen molar-refractivity contribution in [1.29, 1.82) is 0 Å². The monoisotopic (exact) mass is 493 g/mol.